The Morgan fingerprint density at radius 3 is 2.69 bits per heavy atom. The Bertz CT molecular complexity index is 1280. The molecule has 2 aromatic carbocycles. The van der Waals surface area contributed by atoms with Gasteiger partial charge in [0.2, 0.25) is 5.13 Å². The molecule has 1 amide bonds. The number of fused-ring (bicyclic) bond motifs is 1. The third-order valence-corrected chi connectivity index (χ3v) is 6.06. The van der Waals surface area contributed by atoms with Gasteiger partial charge in [-0.3, -0.25) is 14.7 Å². The van der Waals surface area contributed by atoms with Crippen molar-refractivity contribution in [3.8, 4) is 5.13 Å². The second-order valence-electron chi connectivity index (χ2n) is 6.33. The normalized spacial score (nSPS) is 11.8. The molecule has 9 heteroatoms. The third-order valence-electron chi connectivity index (χ3n) is 4.35. The first-order valence-electron chi connectivity index (χ1n) is 8.73. The number of rotatable bonds is 4. The van der Waals surface area contributed by atoms with Gasteiger partial charge in [0.25, 0.3) is 11.5 Å². The number of thiazole rings is 1. The van der Waals surface area contributed by atoms with Crippen LogP contribution < -0.4 is 11.0 Å². The lowest BCUT2D eigenvalue weighted by atomic mass is 10.2. The molecule has 0 saturated carbocycles. The summed E-state index contributed by atoms with van der Waals surface area (Å²) in [7, 11) is 0. The van der Waals surface area contributed by atoms with Crippen molar-refractivity contribution in [1.29, 1.82) is 0 Å². The molecule has 2 aromatic heterocycles. The number of hydrogen-bond donors (Lipinski definition) is 2. The maximum absolute atomic E-state index is 13.0. The maximum Gasteiger partial charge on any atom is 0.282 e. The molecular weight excluding hydrogens is 454 g/mol. The fourth-order valence-electron chi connectivity index (χ4n) is 2.96. The number of aromatic nitrogens is 3. The minimum Gasteiger partial charge on any atom is -0.293 e. The molecule has 0 fully saturated rings. The summed E-state index contributed by atoms with van der Waals surface area (Å²) in [6.45, 7) is 3.47. The van der Waals surface area contributed by atoms with E-state index in [1.165, 1.54) is 16.0 Å². The number of hydrazone groups is 1. The van der Waals surface area contributed by atoms with Crippen molar-refractivity contribution >= 4 is 49.1 Å². The van der Waals surface area contributed by atoms with E-state index in [4.69, 9.17) is 0 Å². The molecule has 0 unspecified atom stereocenters. The summed E-state index contributed by atoms with van der Waals surface area (Å²) in [5, 5.41) is 7.73. The van der Waals surface area contributed by atoms with E-state index < -0.39 is 0 Å². The Kier molecular flexibility index (Phi) is 5.16. The quantitative estimate of drug-likeness (QED) is 0.349. The topological polar surface area (TPSA) is 92.1 Å². The molecule has 0 saturated heterocycles. The summed E-state index contributed by atoms with van der Waals surface area (Å²) in [6, 6.07) is 14.8. The lowest BCUT2D eigenvalue weighted by Crippen LogP contribution is -2.23. The molecule has 0 bridgehead atoms. The number of halogens is 1. The zero-order valence-corrected chi connectivity index (χ0v) is 18.0. The standard InChI is InChI=1S/C20H16BrN5O2S/c1-11(23-24-18(27)13-7-3-4-8-14(13)21)17-12(2)25-26(19(17)28)20-22-15-9-5-6-10-16(15)29-20/h3-10,25H,1-2H3,(H,24,27)/b23-11+. The SMILES string of the molecule is C/C(=N\NC(=O)c1ccccc1Br)c1c(C)[nH]n(-c2nc3ccccc3s2)c1=O. The Morgan fingerprint density at radius 1 is 1.21 bits per heavy atom. The van der Waals surface area contributed by atoms with Gasteiger partial charge in [-0.2, -0.15) is 9.78 Å². The largest absolute Gasteiger partial charge is 0.293 e. The summed E-state index contributed by atoms with van der Waals surface area (Å²) in [6.07, 6.45) is 0. The van der Waals surface area contributed by atoms with Crippen molar-refractivity contribution in [3.63, 3.8) is 0 Å². The Labute approximate surface area is 178 Å². The van der Waals surface area contributed by atoms with Crippen molar-refractivity contribution in [2.45, 2.75) is 13.8 Å². The number of aryl methyl sites for hydroxylation is 1. The summed E-state index contributed by atoms with van der Waals surface area (Å²) in [4.78, 5) is 29.8. The van der Waals surface area contributed by atoms with Crippen molar-refractivity contribution < 1.29 is 4.79 Å². The summed E-state index contributed by atoms with van der Waals surface area (Å²) in [5.41, 5.74) is 4.98. The van der Waals surface area contributed by atoms with Crippen LogP contribution in [-0.4, -0.2) is 26.4 Å². The van der Waals surface area contributed by atoms with E-state index in [-0.39, 0.29) is 11.5 Å². The average Bonchev–Trinajstić information content (AvgIpc) is 3.26. The van der Waals surface area contributed by atoms with Crippen LogP contribution in [0.1, 0.15) is 28.5 Å². The molecule has 0 aliphatic carbocycles. The fraction of sp³-hybridized carbons (Fsp3) is 0.100. The van der Waals surface area contributed by atoms with Gasteiger partial charge in [0.15, 0.2) is 0 Å². The van der Waals surface area contributed by atoms with E-state index >= 15 is 0 Å². The molecule has 2 heterocycles. The van der Waals surface area contributed by atoms with Crippen LogP contribution in [0.3, 0.4) is 0 Å². The van der Waals surface area contributed by atoms with Gasteiger partial charge in [0, 0.05) is 10.2 Å². The molecule has 0 spiro atoms. The van der Waals surface area contributed by atoms with Crippen LogP contribution in [-0.2, 0) is 0 Å². The molecule has 0 aliphatic heterocycles. The highest BCUT2D eigenvalue weighted by atomic mass is 79.9. The molecule has 0 aliphatic rings. The molecule has 4 aromatic rings. The molecule has 0 radical (unpaired) electrons. The first-order chi connectivity index (χ1) is 14.0. The number of para-hydroxylation sites is 1. The van der Waals surface area contributed by atoms with E-state index in [2.05, 4.69) is 36.5 Å². The second kappa shape index (κ2) is 7.76. The number of H-pyrrole nitrogens is 1. The van der Waals surface area contributed by atoms with Gasteiger partial charge in [0.1, 0.15) is 0 Å². The van der Waals surface area contributed by atoms with Crippen LogP contribution in [0.2, 0.25) is 0 Å². The average molecular weight is 470 g/mol. The van der Waals surface area contributed by atoms with Gasteiger partial charge in [-0.15, -0.1) is 0 Å². The molecule has 2 N–H and O–H groups in total. The Morgan fingerprint density at radius 2 is 1.93 bits per heavy atom. The van der Waals surface area contributed by atoms with Crippen LogP contribution in [0.15, 0.2) is 62.9 Å². The minimum atomic E-state index is -0.364. The highest BCUT2D eigenvalue weighted by molar-refractivity contribution is 9.10. The van der Waals surface area contributed by atoms with Gasteiger partial charge in [-0.25, -0.2) is 10.4 Å². The van der Waals surface area contributed by atoms with Gasteiger partial charge >= 0.3 is 0 Å². The molecule has 146 valence electrons. The predicted molar refractivity (Wildman–Crippen MR) is 118 cm³/mol. The lowest BCUT2D eigenvalue weighted by Gasteiger charge is -2.03. The number of carbonyl (C=O) groups excluding carboxylic acids is 1. The van der Waals surface area contributed by atoms with Gasteiger partial charge < -0.3 is 0 Å². The van der Waals surface area contributed by atoms with Crippen molar-refractivity contribution in [2.24, 2.45) is 5.10 Å². The highest BCUT2D eigenvalue weighted by Crippen LogP contribution is 2.23. The first-order valence-corrected chi connectivity index (χ1v) is 10.3. The zero-order valence-electron chi connectivity index (χ0n) is 15.6. The first kappa shape index (κ1) is 19.3. The maximum atomic E-state index is 13.0. The number of carbonyl (C=O) groups is 1. The van der Waals surface area contributed by atoms with E-state index in [0.717, 1.165) is 10.2 Å². The monoisotopic (exact) mass is 469 g/mol. The molecule has 4 rings (SSSR count). The predicted octanol–water partition coefficient (Wildman–Crippen LogP) is 4.00. The van der Waals surface area contributed by atoms with Gasteiger partial charge in [-0.1, -0.05) is 35.6 Å². The number of benzene rings is 2. The van der Waals surface area contributed by atoms with Crippen molar-refractivity contribution in [1.82, 2.24) is 20.2 Å². The Balaban J connectivity index is 1.65. The molecule has 29 heavy (non-hydrogen) atoms. The number of hydrogen-bond acceptors (Lipinski definition) is 5. The fourth-order valence-corrected chi connectivity index (χ4v) is 4.35. The second-order valence-corrected chi connectivity index (χ2v) is 8.20. The number of amides is 1. The minimum absolute atomic E-state index is 0.266. The van der Waals surface area contributed by atoms with Crippen LogP contribution in [0.4, 0.5) is 0 Å². The smallest absolute Gasteiger partial charge is 0.282 e. The van der Waals surface area contributed by atoms with Crippen molar-refractivity contribution in [3.05, 3.63) is 80.2 Å². The number of nitrogens with one attached hydrogen (secondary N) is 2. The molecular formula is C20H16BrN5O2S. The van der Waals surface area contributed by atoms with Crippen LogP contribution in [0.25, 0.3) is 15.3 Å². The summed E-state index contributed by atoms with van der Waals surface area (Å²) < 4.78 is 3.07. The third kappa shape index (κ3) is 3.66. The zero-order chi connectivity index (χ0) is 20.5. The lowest BCUT2D eigenvalue weighted by molar-refractivity contribution is 0.0954. The Hall–Kier alpha value is -3.04. The summed E-state index contributed by atoms with van der Waals surface area (Å²) in [5.74, 6) is -0.364. The summed E-state index contributed by atoms with van der Waals surface area (Å²) >= 11 is 4.76. The van der Waals surface area contributed by atoms with E-state index in [0.29, 0.717) is 32.1 Å². The van der Waals surface area contributed by atoms with Gasteiger partial charge in [0.05, 0.1) is 27.1 Å². The van der Waals surface area contributed by atoms with Gasteiger partial charge in [-0.05, 0) is 54.0 Å². The van der Waals surface area contributed by atoms with Crippen molar-refractivity contribution in [2.75, 3.05) is 0 Å². The van der Waals surface area contributed by atoms with E-state index in [9.17, 15) is 9.59 Å². The molecule has 0 atom stereocenters. The van der Waals surface area contributed by atoms with E-state index in [1.54, 1.807) is 32.0 Å². The number of nitrogens with zero attached hydrogens (tertiary/aromatic N) is 3. The molecule has 7 nitrogen and oxygen atoms in total. The van der Waals surface area contributed by atoms with Crippen LogP contribution in [0.5, 0.6) is 0 Å². The van der Waals surface area contributed by atoms with E-state index in [1.807, 2.05) is 30.3 Å². The van der Waals surface area contributed by atoms with Crippen LogP contribution in [0, 0.1) is 6.92 Å². The number of aromatic amines is 1. The highest BCUT2D eigenvalue weighted by Gasteiger charge is 2.18. The van der Waals surface area contributed by atoms with Crippen LogP contribution >= 0.6 is 27.3 Å².